The number of hydrogen-bond donors (Lipinski definition) is 4. The zero-order chi connectivity index (χ0) is 36.4. The van der Waals surface area contributed by atoms with Crippen molar-refractivity contribution in [3.8, 4) is 0 Å². The molecule has 12 heteroatoms. The van der Waals surface area contributed by atoms with Crippen molar-refractivity contribution in [3.05, 3.63) is 35.4 Å². The van der Waals surface area contributed by atoms with Gasteiger partial charge in [-0.3, -0.25) is 24.1 Å². The van der Waals surface area contributed by atoms with Crippen molar-refractivity contribution >= 4 is 36.1 Å². The van der Waals surface area contributed by atoms with Gasteiger partial charge in [0.15, 0.2) is 0 Å². The second-order valence-corrected chi connectivity index (χ2v) is 13.4. The van der Waals surface area contributed by atoms with E-state index in [1.54, 1.807) is 29.2 Å². The van der Waals surface area contributed by atoms with Gasteiger partial charge in [-0.15, -0.1) is 0 Å². The summed E-state index contributed by atoms with van der Waals surface area (Å²) in [5.74, 6) is -1.78. The predicted octanol–water partition coefficient (Wildman–Crippen LogP) is 5.22. The molecule has 4 N–H and O–H groups in total. The molecule has 0 radical (unpaired) electrons. The van der Waals surface area contributed by atoms with E-state index in [-0.39, 0.29) is 42.8 Å². The molecule has 6 amide bonds. The third-order valence-electron chi connectivity index (χ3n) is 8.71. The number of nitrogens with one attached hydrogen (secondary N) is 3. The monoisotopic (exact) mass is 673 g/mol. The number of carbonyl (C=O) groups is 6. The summed E-state index contributed by atoms with van der Waals surface area (Å²) in [5, 5.41) is 16.7. The Morgan fingerprint density at radius 1 is 1.02 bits per heavy atom. The van der Waals surface area contributed by atoms with E-state index >= 15 is 0 Å². The highest BCUT2D eigenvalue weighted by Crippen LogP contribution is 2.26. The van der Waals surface area contributed by atoms with Crippen molar-refractivity contribution in [2.75, 3.05) is 19.6 Å². The maximum Gasteiger partial charge on any atom is 0.326 e. The fourth-order valence-electron chi connectivity index (χ4n) is 5.68. The number of unbranched alkanes of at least 4 members (excludes halogenated alkanes) is 4. The highest BCUT2D eigenvalue weighted by molar-refractivity contribution is 6.21. The van der Waals surface area contributed by atoms with E-state index in [1.807, 2.05) is 48.5 Å². The van der Waals surface area contributed by atoms with Crippen LogP contribution in [0.15, 0.2) is 24.3 Å². The lowest BCUT2D eigenvalue weighted by atomic mass is 9.86. The van der Waals surface area contributed by atoms with Gasteiger partial charge in [-0.05, 0) is 49.7 Å². The lowest BCUT2D eigenvalue weighted by molar-refractivity contribution is -0.142. The van der Waals surface area contributed by atoms with Gasteiger partial charge in [-0.25, -0.2) is 9.59 Å². The first-order valence-electron chi connectivity index (χ1n) is 17.4. The summed E-state index contributed by atoms with van der Waals surface area (Å²) in [4.78, 5) is 74.2. The van der Waals surface area contributed by atoms with Crippen molar-refractivity contribution < 1.29 is 33.9 Å². The highest BCUT2D eigenvalue weighted by Gasteiger charge is 2.39. The molecule has 0 spiro atoms. The van der Waals surface area contributed by atoms with E-state index in [9.17, 15) is 28.8 Å². The van der Waals surface area contributed by atoms with Gasteiger partial charge in [0.05, 0.1) is 30.3 Å². The molecule has 3 rings (SSSR count). The molecule has 0 bridgehead atoms. The van der Waals surface area contributed by atoms with Crippen LogP contribution in [0.3, 0.4) is 0 Å². The molecule has 1 fully saturated rings. The van der Waals surface area contributed by atoms with Crippen molar-refractivity contribution in [2.45, 2.75) is 125 Å². The minimum absolute atomic E-state index is 0.00988. The molecule has 2 aliphatic heterocycles. The van der Waals surface area contributed by atoms with Crippen LogP contribution in [0.2, 0.25) is 0 Å². The smallest absolute Gasteiger partial charge is 0.326 e. The van der Waals surface area contributed by atoms with Crippen LogP contribution in [0, 0.1) is 11.3 Å². The summed E-state index contributed by atoms with van der Waals surface area (Å²) in [5.41, 5.74) is 0.343. The maximum absolute atomic E-state index is 12.7. The number of benzene rings is 1. The molecule has 12 nitrogen and oxygen atoms in total. The van der Waals surface area contributed by atoms with Gasteiger partial charge in [-0.1, -0.05) is 92.7 Å². The van der Waals surface area contributed by atoms with Gasteiger partial charge >= 0.3 is 12.0 Å². The Kier molecular flexibility index (Phi) is 18.5. The predicted molar refractivity (Wildman–Crippen MR) is 187 cm³/mol. The van der Waals surface area contributed by atoms with Gasteiger partial charge in [0.25, 0.3) is 11.8 Å². The van der Waals surface area contributed by atoms with Crippen LogP contribution in [0.5, 0.6) is 0 Å². The Labute approximate surface area is 286 Å². The number of carboxylic acids is 1. The summed E-state index contributed by atoms with van der Waals surface area (Å²) < 4.78 is 0. The molecule has 4 atom stereocenters. The molecule has 1 aromatic rings. The Morgan fingerprint density at radius 3 is 2.08 bits per heavy atom. The number of urea groups is 1. The summed E-state index contributed by atoms with van der Waals surface area (Å²) in [7, 11) is 0. The Morgan fingerprint density at radius 2 is 1.60 bits per heavy atom. The molecule has 48 heavy (non-hydrogen) atoms. The molecule has 2 aliphatic rings. The lowest BCUT2D eigenvalue weighted by Crippen LogP contribution is -2.55. The van der Waals surface area contributed by atoms with Crippen LogP contribution >= 0.6 is 0 Å². The first-order chi connectivity index (χ1) is 22.7. The summed E-state index contributed by atoms with van der Waals surface area (Å²) in [6.45, 7) is 16.5. The number of imide groups is 1. The number of carbonyl (C=O) groups excluding carboxylic acids is 5. The topological polar surface area (TPSA) is 165 Å². The largest absolute Gasteiger partial charge is 0.480 e. The summed E-state index contributed by atoms with van der Waals surface area (Å²) >= 11 is 0. The highest BCUT2D eigenvalue weighted by atomic mass is 16.4. The first kappa shape index (κ1) is 42.1. The molecule has 0 aliphatic carbocycles. The van der Waals surface area contributed by atoms with Crippen LogP contribution in [-0.4, -0.2) is 88.8 Å². The summed E-state index contributed by atoms with van der Waals surface area (Å²) in [6, 6.07) is 5.17. The van der Waals surface area contributed by atoms with E-state index < -0.39 is 29.5 Å². The molecule has 1 saturated heterocycles. The van der Waals surface area contributed by atoms with E-state index in [4.69, 9.17) is 5.11 Å². The minimum atomic E-state index is -0.951. The molecular weight excluding hydrogens is 614 g/mol. The van der Waals surface area contributed by atoms with E-state index in [0.717, 1.165) is 32.1 Å². The van der Waals surface area contributed by atoms with E-state index in [2.05, 4.69) is 22.9 Å². The van der Waals surface area contributed by atoms with Gasteiger partial charge in [0, 0.05) is 12.6 Å². The van der Waals surface area contributed by atoms with Gasteiger partial charge < -0.3 is 26.0 Å². The maximum atomic E-state index is 12.7. The number of hydrogen-bond acceptors (Lipinski definition) is 6. The molecule has 2 heterocycles. The molecule has 0 aromatic heterocycles. The average molecular weight is 674 g/mol. The third-order valence-corrected chi connectivity index (χ3v) is 8.71. The van der Waals surface area contributed by atoms with Gasteiger partial charge in [0.2, 0.25) is 12.3 Å². The van der Waals surface area contributed by atoms with Gasteiger partial charge in [-0.2, -0.15) is 0 Å². The number of carboxylic acid groups (broad SMARTS) is 1. The fourth-order valence-corrected chi connectivity index (χ4v) is 5.68. The van der Waals surface area contributed by atoms with Crippen molar-refractivity contribution in [2.24, 2.45) is 11.3 Å². The molecular formula is C36H59N5O7. The van der Waals surface area contributed by atoms with Crippen LogP contribution in [0.4, 0.5) is 4.79 Å². The Bertz CT molecular complexity index is 1180. The standard InChI is InChI=1S/C22H30N4O4.C12H23NO3.C2H6/c1-14-8-7-11-25(14)18(27)12-23-21(30)24-17(22(2,3)4)13-26-19(28)15-9-5-6-10-16(15)20(26)29;1-3-4-5-6-7-8-10(2)11(12(15)16)13-9-14;1-2/h5-6,9-10,14,17H,7-8,11-13H2,1-4H3,(H2,23,24,30);9-11H,3-8H2,1-2H3,(H,13,14)(H,15,16);1-2H3/t14-,17?;;/m1../s1. The normalized spacial score (nSPS) is 17.1. The SMILES string of the molecule is CC.CCCCCCCC(C)C(NC=O)C(=O)O.C[C@@H]1CCCN1C(=O)CNC(=O)NC(CN1C(=O)c2ccccc2C1=O)C(C)(C)C. The fraction of sp³-hybridized carbons (Fsp3) is 0.667. The van der Waals surface area contributed by atoms with Gasteiger partial charge in [0.1, 0.15) is 6.04 Å². The zero-order valence-electron chi connectivity index (χ0n) is 30.3. The number of fused-ring (bicyclic) bond motifs is 1. The van der Waals surface area contributed by atoms with E-state index in [0.29, 0.717) is 24.1 Å². The van der Waals surface area contributed by atoms with Crippen molar-refractivity contribution in [3.63, 3.8) is 0 Å². The number of rotatable bonds is 15. The number of aliphatic carboxylic acids is 1. The minimum Gasteiger partial charge on any atom is -0.480 e. The second-order valence-electron chi connectivity index (χ2n) is 13.4. The molecule has 0 saturated carbocycles. The molecule has 270 valence electrons. The van der Waals surface area contributed by atoms with Crippen LogP contribution < -0.4 is 16.0 Å². The van der Waals surface area contributed by atoms with Crippen molar-refractivity contribution in [1.29, 1.82) is 0 Å². The lowest BCUT2D eigenvalue weighted by Gasteiger charge is -2.34. The van der Waals surface area contributed by atoms with Crippen LogP contribution in [-0.2, 0) is 14.4 Å². The number of likely N-dealkylation sites (tertiary alicyclic amines) is 1. The molecule has 1 aromatic carbocycles. The average Bonchev–Trinajstić information content (AvgIpc) is 3.59. The molecule has 3 unspecified atom stereocenters. The number of nitrogens with zero attached hydrogens (tertiary/aromatic N) is 2. The van der Waals surface area contributed by atoms with Crippen molar-refractivity contribution in [1.82, 2.24) is 25.8 Å². The van der Waals surface area contributed by atoms with Crippen LogP contribution in [0.25, 0.3) is 0 Å². The number of amides is 6. The summed E-state index contributed by atoms with van der Waals surface area (Å²) in [6.07, 6.45) is 9.10. The Hall–Kier alpha value is -3.96. The third kappa shape index (κ3) is 12.9. The van der Waals surface area contributed by atoms with E-state index in [1.165, 1.54) is 24.2 Å². The Balaban J connectivity index is 0.000000544. The second kappa shape index (κ2) is 21.1. The zero-order valence-corrected chi connectivity index (χ0v) is 30.3. The quantitative estimate of drug-likeness (QED) is 0.113. The van der Waals surface area contributed by atoms with Crippen LogP contribution in [0.1, 0.15) is 127 Å². The first-order valence-corrected chi connectivity index (χ1v) is 17.4.